The Morgan fingerprint density at radius 3 is 2.65 bits per heavy atom. The van der Waals surface area contributed by atoms with Gasteiger partial charge in [-0.2, -0.15) is 9.78 Å². The molecule has 0 saturated carbocycles. The number of aryl methyl sites for hydroxylation is 1. The van der Waals surface area contributed by atoms with Crippen molar-refractivity contribution in [3.63, 3.8) is 0 Å². The number of hydrazone groups is 1. The third-order valence-corrected chi connectivity index (χ3v) is 4.05. The third kappa shape index (κ3) is 3.84. The number of nitrogens with one attached hydrogen (secondary N) is 1. The van der Waals surface area contributed by atoms with Crippen LogP contribution in [0, 0.1) is 17.0 Å². The molecule has 0 saturated heterocycles. The molecule has 1 amide bonds. The lowest BCUT2D eigenvalue weighted by molar-refractivity contribution is -0.384. The molecule has 0 atom stereocenters. The summed E-state index contributed by atoms with van der Waals surface area (Å²) in [6.07, 6.45) is 1.32. The van der Waals surface area contributed by atoms with Gasteiger partial charge in [-0.25, -0.2) is 10.1 Å². The normalized spacial score (nSPS) is 11.1. The molecule has 0 fully saturated rings. The van der Waals surface area contributed by atoms with Crippen LogP contribution in [-0.4, -0.2) is 42.4 Å². The van der Waals surface area contributed by atoms with Gasteiger partial charge in [-0.3, -0.25) is 14.9 Å². The van der Waals surface area contributed by atoms with Crippen molar-refractivity contribution in [2.45, 2.75) is 6.92 Å². The van der Waals surface area contributed by atoms with Crippen LogP contribution in [0.5, 0.6) is 0 Å². The molecule has 14 heteroatoms. The number of amides is 1. The highest BCUT2D eigenvalue weighted by molar-refractivity contribution is 5.98. The van der Waals surface area contributed by atoms with Crippen molar-refractivity contribution in [3.05, 3.63) is 63.7 Å². The van der Waals surface area contributed by atoms with Gasteiger partial charge in [0.05, 0.1) is 11.1 Å². The van der Waals surface area contributed by atoms with E-state index in [9.17, 15) is 14.9 Å². The third-order valence-electron chi connectivity index (χ3n) is 4.05. The number of non-ortho nitro benzene ring substituents is 1. The fraction of sp³-hybridized carbons (Fsp3) is 0.0588. The summed E-state index contributed by atoms with van der Waals surface area (Å²) in [5.74, 6) is 0.336. The number of benzene rings is 1. The molecule has 0 aliphatic heterocycles. The van der Waals surface area contributed by atoms with E-state index in [-0.39, 0.29) is 28.7 Å². The van der Waals surface area contributed by atoms with Crippen molar-refractivity contribution in [2.24, 2.45) is 5.10 Å². The highest BCUT2D eigenvalue weighted by atomic mass is 16.6. The van der Waals surface area contributed by atoms with E-state index in [0.717, 1.165) is 4.68 Å². The van der Waals surface area contributed by atoms with Crippen LogP contribution in [0.15, 0.2) is 50.5 Å². The second kappa shape index (κ2) is 7.86. The lowest BCUT2D eigenvalue weighted by Gasteiger charge is -2.05. The molecule has 0 unspecified atom stereocenters. The van der Waals surface area contributed by atoms with Gasteiger partial charge in [0.15, 0.2) is 5.69 Å². The minimum atomic E-state index is -0.700. The first kappa shape index (κ1) is 19.4. The predicted molar refractivity (Wildman–Crippen MR) is 104 cm³/mol. The van der Waals surface area contributed by atoms with Crippen molar-refractivity contribution in [1.82, 2.24) is 30.7 Å². The number of nitro groups is 1. The predicted octanol–water partition coefficient (Wildman–Crippen LogP) is 1.47. The van der Waals surface area contributed by atoms with Crippen LogP contribution in [0.3, 0.4) is 0 Å². The van der Waals surface area contributed by atoms with Gasteiger partial charge in [-0.1, -0.05) is 5.21 Å². The highest BCUT2D eigenvalue weighted by Gasteiger charge is 2.25. The number of nitrogen functional groups attached to an aromatic ring is 1. The first-order valence-corrected chi connectivity index (χ1v) is 8.63. The number of nitrogens with zero attached hydrogens (tertiary/aromatic N) is 7. The number of furan rings is 1. The van der Waals surface area contributed by atoms with Gasteiger partial charge >= 0.3 is 0 Å². The summed E-state index contributed by atoms with van der Waals surface area (Å²) in [6.45, 7) is 1.77. The van der Waals surface area contributed by atoms with Crippen LogP contribution in [0.4, 0.5) is 11.5 Å². The average Bonchev–Trinajstić information content (AvgIpc) is 3.47. The number of hydrogen-bond donors (Lipinski definition) is 2. The number of nitro benzene ring substituents is 1. The molecular formula is C17H13N9O5. The van der Waals surface area contributed by atoms with Crippen molar-refractivity contribution >= 4 is 23.6 Å². The molecule has 156 valence electrons. The molecule has 3 N–H and O–H groups in total. The Morgan fingerprint density at radius 2 is 2.03 bits per heavy atom. The number of nitrogens with two attached hydrogens (primary N) is 1. The molecule has 3 aromatic heterocycles. The van der Waals surface area contributed by atoms with Crippen LogP contribution in [0.2, 0.25) is 0 Å². The van der Waals surface area contributed by atoms with Gasteiger partial charge in [0.1, 0.15) is 17.2 Å². The van der Waals surface area contributed by atoms with Gasteiger partial charge in [-0.05, 0) is 41.5 Å². The molecule has 4 aromatic rings. The zero-order valence-corrected chi connectivity index (χ0v) is 15.8. The van der Waals surface area contributed by atoms with E-state index in [2.05, 4.69) is 35.8 Å². The van der Waals surface area contributed by atoms with Crippen LogP contribution in [-0.2, 0) is 0 Å². The van der Waals surface area contributed by atoms with Crippen molar-refractivity contribution in [3.8, 4) is 17.1 Å². The van der Waals surface area contributed by atoms with E-state index < -0.39 is 10.8 Å². The number of aromatic nitrogens is 5. The van der Waals surface area contributed by atoms with E-state index in [4.69, 9.17) is 10.2 Å². The maximum absolute atomic E-state index is 12.7. The lowest BCUT2D eigenvalue weighted by atomic mass is 10.1. The summed E-state index contributed by atoms with van der Waals surface area (Å²) in [7, 11) is 0. The lowest BCUT2D eigenvalue weighted by Crippen LogP contribution is -2.19. The van der Waals surface area contributed by atoms with E-state index in [1.807, 2.05) is 0 Å². The Balaban J connectivity index is 1.71. The van der Waals surface area contributed by atoms with Crippen molar-refractivity contribution < 1.29 is 18.8 Å². The van der Waals surface area contributed by atoms with Gasteiger partial charge in [0.25, 0.3) is 11.6 Å². The molecule has 0 aliphatic rings. The van der Waals surface area contributed by atoms with Crippen molar-refractivity contribution in [1.29, 1.82) is 0 Å². The largest absolute Gasteiger partial charge is 0.460 e. The Hall–Kier alpha value is -4.88. The van der Waals surface area contributed by atoms with E-state index >= 15 is 0 Å². The number of anilines is 1. The minimum absolute atomic E-state index is 0.00513. The Bertz CT molecular complexity index is 1290. The Kier molecular flexibility index (Phi) is 4.93. The topological polar surface area (TPSA) is 193 Å². The summed E-state index contributed by atoms with van der Waals surface area (Å²) in [6, 6.07) is 8.85. The van der Waals surface area contributed by atoms with Crippen LogP contribution < -0.4 is 11.2 Å². The molecular weight excluding hydrogens is 410 g/mol. The zero-order valence-electron chi connectivity index (χ0n) is 15.8. The molecule has 0 radical (unpaired) electrons. The van der Waals surface area contributed by atoms with Gasteiger partial charge in [-0.15, -0.1) is 5.10 Å². The van der Waals surface area contributed by atoms with E-state index in [1.165, 1.54) is 30.5 Å². The zero-order chi connectivity index (χ0) is 22.0. The number of carbonyl (C=O) groups excluding carboxylic acids is 1. The van der Waals surface area contributed by atoms with Crippen LogP contribution in [0.25, 0.3) is 17.1 Å². The molecule has 14 nitrogen and oxygen atoms in total. The molecule has 1 aromatic carbocycles. The molecule has 0 spiro atoms. The van der Waals surface area contributed by atoms with Crippen molar-refractivity contribution in [2.75, 3.05) is 5.73 Å². The second-order valence-corrected chi connectivity index (χ2v) is 6.12. The second-order valence-electron chi connectivity index (χ2n) is 6.12. The summed E-state index contributed by atoms with van der Waals surface area (Å²) in [5.41, 5.74) is 8.33. The molecule has 3 heterocycles. The summed E-state index contributed by atoms with van der Waals surface area (Å²) in [5, 5.41) is 29.7. The maximum atomic E-state index is 12.7. The molecule has 4 rings (SSSR count). The van der Waals surface area contributed by atoms with E-state index in [0.29, 0.717) is 17.1 Å². The first-order chi connectivity index (χ1) is 14.9. The number of rotatable bonds is 6. The fourth-order valence-electron chi connectivity index (χ4n) is 2.65. The Labute approximate surface area is 172 Å². The number of carbonyl (C=O) groups is 1. The summed E-state index contributed by atoms with van der Waals surface area (Å²) < 4.78 is 11.1. The maximum Gasteiger partial charge on any atom is 0.294 e. The highest BCUT2D eigenvalue weighted by Crippen LogP contribution is 2.28. The molecule has 31 heavy (non-hydrogen) atoms. The van der Waals surface area contributed by atoms with Gasteiger partial charge in [0, 0.05) is 17.7 Å². The average molecular weight is 423 g/mol. The SMILES string of the molecule is Cc1ccc(/C=N\NC(=O)c2nnn(-c3nonc3N)c2-c2ccc([N+](=O)[O-])cc2)o1. The van der Waals surface area contributed by atoms with Crippen LogP contribution in [0.1, 0.15) is 22.0 Å². The molecule has 0 bridgehead atoms. The number of hydrogen-bond acceptors (Lipinski definition) is 11. The van der Waals surface area contributed by atoms with E-state index in [1.54, 1.807) is 19.1 Å². The fourth-order valence-corrected chi connectivity index (χ4v) is 2.65. The Morgan fingerprint density at radius 1 is 1.26 bits per heavy atom. The quantitative estimate of drug-likeness (QED) is 0.260. The first-order valence-electron chi connectivity index (χ1n) is 8.63. The smallest absolute Gasteiger partial charge is 0.294 e. The molecule has 0 aliphatic carbocycles. The monoisotopic (exact) mass is 423 g/mol. The summed E-state index contributed by atoms with van der Waals surface area (Å²) >= 11 is 0. The van der Waals surface area contributed by atoms with Gasteiger partial charge in [0.2, 0.25) is 11.6 Å². The minimum Gasteiger partial charge on any atom is -0.460 e. The standard InChI is InChI=1S/C17H13N9O5/c1-9-2-7-12(30-9)8-19-21-17(27)13-14(10-3-5-11(6-4-10)26(28)29)25(24-20-13)16-15(18)22-31-23-16/h2-8H,1H3,(H2,18,22)(H,21,27)/b19-8-. The van der Waals surface area contributed by atoms with Gasteiger partial charge < -0.3 is 10.2 Å². The summed E-state index contributed by atoms with van der Waals surface area (Å²) in [4.78, 5) is 23.1. The van der Waals surface area contributed by atoms with Crippen LogP contribution >= 0.6 is 0 Å².